The zero-order valence-corrected chi connectivity index (χ0v) is 16.1. The van der Waals surface area contributed by atoms with Gasteiger partial charge in [0.15, 0.2) is 0 Å². The van der Waals surface area contributed by atoms with E-state index in [9.17, 15) is 9.59 Å². The number of hydrogen-bond donors (Lipinski definition) is 1. The molecule has 2 aromatic carbocycles. The lowest BCUT2D eigenvalue weighted by atomic mass is 10.1. The summed E-state index contributed by atoms with van der Waals surface area (Å²) in [6, 6.07) is 13.0. The summed E-state index contributed by atoms with van der Waals surface area (Å²) in [7, 11) is 1.71. The molecule has 0 fully saturated rings. The van der Waals surface area contributed by atoms with Gasteiger partial charge in [-0.15, -0.1) is 0 Å². The highest BCUT2D eigenvalue weighted by Gasteiger charge is 2.12. The molecule has 5 heteroatoms. The fraction of sp³-hybridized carbons (Fsp3) is 0.273. The molecular formula is C22H26N2O3. The molecule has 2 rings (SSSR count). The van der Waals surface area contributed by atoms with E-state index < -0.39 is 0 Å². The summed E-state index contributed by atoms with van der Waals surface area (Å²) in [5.74, 6) is 0.357. The molecule has 27 heavy (non-hydrogen) atoms. The predicted molar refractivity (Wildman–Crippen MR) is 107 cm³/mol. The molecule has 2 amide bonds. The fourth-order valence-electron chi connectivity index (χ4n) is 2.48. The normalized spacial score (nSPS) is 10.2. The van der Waals surface area contributed by atoms with E-state index >= 15 is 0 Å². The maximum Gasteiger partial charge on any atom is 0.251 e. The Morgan fingerprint density at radius 1 is 1.11 bits per heavy atom. The van der Waals surface area contributed by atoms with Crippen LogP contribution >= 0.6 is 0 Å². The molecule has 0 radical (unpaired) electrons. The number of carbonyl (C=O) groups excluding carboxylic acids is 2. The summed E-state index contributed by atoms with van der Waals surface area (Å²) in [6.07, 6.45) is 1.69. The van der Waals surface area contributed by atoms with Crippen molar-refractivity contribution in [1.29, 1.82) is 0 Å². The molecule has 0 aliphatic heterocycles. The van der Waals surface area contributed by atoms with Crippen molar-refractivity contribution in [2.75, 3.05) is 20.2 Å². The second-order valence-corrected chi connectivity index (χ2v) is 6.48. The Labute approximate surface area is 160 Å². The molecule has 0 spiro atoms. The van der Waals surface area contributed by atoms with Crippen LogP contribution in [0.4, 0.5) is 0 Å². The maximum atomic E-state index is 12.3. The molecule has 0 aliphatic rings. The number of aryl methyl sites for hydroxylation is 2. The van der Waals surface area contributed by atoms with Gasteiger partial charge in [-0.25, -0.2) is 0 Å². The Morgan fingerprint density at radius 2 is 1.81 bits per heavy atom. The lowest BCUT2D eigenvalue weighted by Gasteiger charge is -2.18. The van der Waals surface area contributed by atoms with Gasteiger partial charge in [0.2, 0.25) is 5.91 Å². The Kier molecular flexibility index (Phi) is 7.17. The monoisotopic (exact) mass is 366 g/mol. The lowest BCUT2D eigenvalue weighted by Crippen LogP contribution is -2.37. The number of amides is 2. The SMILES string of the molecule is C=CCOc1ccc(CN(C)C(=O)CNC(=O)c2ccc(C)c(C)c2)cc1. The summed E-state index contributed by atoms with van der Waals surface area (Å²) < 4.78 is 5.44. The van der Waals surface area contributed by atoms with Gasteiger partial charge in [-0.3, -0.25) is 9.59 Å². The molecule has 142 valence electrons. The van der Waals surface area contributed by atoms with Gasteiger partial charge in [0, 0.05) is 19.2 Å². The topological polar surface area (TPSA) is 58.6 Å². The molecular weight excluding hydrogens is 340 g/mol. The minimum Gasteiger partial charge on any atom is -0.490 e. The van der Waals surface area contributed by atoms with Gasteiger partial charge in [-0.05, 0) is 54.8 Å². The number of nitrogens with zero attached hydrogens (tertiary/aromatic N) is 1. The first-order chi connectivity index (χ1) is 12.9. The van der Waals surface area contributed by atoms with Crippen molar-refractivity contribution in [3.8, 4) is 5.75 Å². The van der Waals surface area contributed by atoms with Crippen LogP contribution in [0.2, 0.25) is 0 Å². The molecule has 0 aromatic heterocycles. The van der Waals surface area contributed by atoms with Crippen molar-refractivity contribution in [1.82, 2.24) is 10.2 Å². The number of ether oxygens (including phenoxy) is 1. The maximum absolute atomic E-state index is 12.3. The molecule has 0 bridgehead atoms. The predicted octanol–water partition coefficient (Wildman–Crippen LogP) is 3.26. The number of likely N-dealkylation sites (N-methyl/N-ethyl adjacent to an activating group) is 1. The van der Waals surface area contributed by atoms with E-state index in [2.05, 4.69) is 11.9 Å². The van der Waals surface area contributed by atoms with Crippen molar-refractivity contribution in [3.05, 3.63) is 77.4 Å². The first-order valence-electron chi connectivity index (χ1n) is 8.82. The lowest BCUT2D eigenvalue weighted by molar-refractivity contribution is -0.129. The second kappa shape index (κ2) is 9.57. The molecule has 5 nitrogen and oxygen atoms in total. The van der Waals surface area contributed by atoms with Crippen LogP contribution in [0.1, 0.15) is 27.0 Å². The third-order valence-electron chi connectivity index (χ3n) is 4.31. The largest absolute Gasteiger partial charge is 0.490 e. The Bertz CT molecular complexity index is 813. The molecule has 0 atom stereocenters. The van der Waals surface area contributed by atoms with E-state index in [1.165, 1.54) is 0 Å². The van der Waals surface area contributed by atoms with Crippen molar-refractivity contribution < 1.29 is 14.3 Å². The zero-order chi connectivity index (χ0) is 19.8. The second-order valence-electron chi connectivity index (χ2n) is 6.48. The van der Waals surface area contributed by atoms with E-state index in [4.69, 9.17) is 4.74 Å². The minimum atomic E-state index is -0.247. The summed E-state index contributed by atoms with van der Waals surface area (Å²) >= 11 is 0. The van der Waals surface area contributed by atoms with E-state index in [0.717, 1.165) is 22.4 Å². The van der Waals surface area contributed by atoms with Gasteiger partial charge >= 0.3 is 0 Å². The molecule has 1 N–H and O–H groups in total. The number of hydrogen-bond acceptors (Lipinski definition) is 3. The number of nitrogens with one attached hydrogen (secondary N) is 1. The molecule has 0 unspecified atom stereocenters. The van der Waals surface area contributed by atoms with Gasteiger partial charge in [0.25, 0.3) is 5.91 Å². The Hall–Kier alpha value is -3.08. The molecule has 0 aliphatic carbocycles. The quantitative estimate of drug-likeness (QED) is 0.730. The van der Waals surface area contributed by atoms with Crippen molar-refractivity contribution >= 4 is 11.8 Å². The van der Waals surface area contributed by atoms with Crippen LogP contribution in [0.15, 0.2) is 55.1 Å². The van der Waals surface area contributed by atoms with Crippen LogP contribution in [0.25, 0.3) is 0 Å². The number of carbonyl (C=O) groups is 2. The average Bonchev–Trinajstić information content (AvgIpc) is 2.67. The molecule has 0 heterocycles. The van der Waals surface area contributed by atoms with Gasteiger partial charge < -0.3 is 15.0 Å². The Morgan fingerprint density at radius 3 is 2.44 bits per heavy atom. The fourth-order valence-corrected chi connectivity index (χ4v) is 2.48. The zero-order valence-electron chi connectivity index (χ0n) is 16.1. The number of rotatable bonds is 8. The van der Waals surface area contributed by atoms with Gasteiger partial charge in [-0.1, -0.05) is 30.9 Å². The highest BCUT2D eigenvalue weighted by Crippen LogP contribution is 2.13. The third-order valence-corrected chi connectivity index (χ3v) is 4.31. The first kappa shape index (κ1) is 20.2. The Balaban J connectivity index is 1.85. The highest BCUT2D eigenvalue weighted by molar-refractivity contribution is 5.96. The molecule has 0 saturated carbocycles. The van der Waals surface area contributed by atoms with Crippen LogP contribution in [-0.4, -0.2) is 36.9 Å². The van der Waals surface area contributed by atoms with Gasteiger partial charge in [-0.2, -0.15) is 0 Å². The van der Waals surface area contributed by atoms with Gasteiger partial charge in [0.05, 0.1) is 6.54 Å². The van der Waals surface area contributed by atoms with E-state index in [1.807, 2.05) is 50.2 Å². The third kappa shape index (κ3) is 5.99. The summed E-state index contributed by atoms with van der Waals surface area (Å²) in [5, 5.41) is 2.68. The van der Waals surface area contributed by atoms with E-state index in [-0.39, 0.29) is 18.4 Å². The van der Waals surface area contributed by atoms with Crippen molar-refractivity contribution in [2.45, 2.75) is 20.4 Å². The smallest absolute Gasteiger partial charge is 0.251 e. The minimum absolute atomic E-state index is 0.0389. The summed E-state index contributed by atoms with van der Waals surface area (Å²) in [5.41, 5.74) is 3.72. The molecule has 0 saturated heterocycles. The van der Waals surface area contributed by atoms with Crippen LogP contribution in [-0.2, 0) is 11.3 Å². The van der Waals surface area contributed by atoms with Crippen LogP contribution in [0.5, 0.6) is 5.75 Å². The van der Waals surface area contributed by atoms with E-state index in [1.54, 1.807) is 24.1 Å². The average molecular weight is 366 g/mol. The van der Waals surface area contributed by atoms with Crippen LogP contribution in [0, 0.1) is 13.8 Å². The van der Waals surface area contributed by atoms with Crippen molar-refractivity contribution in [2.24, 2.45) is 0 Å². The van der Waals surface area contributed by atoms with Crippen LogP contribution in [0.3, 0.4) is 0 Å². The van der Waals surface area contributed by atoms with Crippen molar-refractivity contribution in [3.63, 3.8) is 0 Å². The number of benzene rings is 2. The van der Waals surface area contributed by atoms with Crippen LogP contribution < -0.4 is 10.1 Å². The van der Waals surface area contributed by atoms with E-state index in [0.29, 0.717) is 18.7 Å². The summed E-state index contributed by atoms with van der Waals surface area (Å²) in [4.78, 5) is 26.1. The molecule has 2 aromatic rings. The highest BCUT2D eigenvalue weighted by atomic mass is 16.5. The van der Waals surface area contributed by atoms with Gasteiger partial charge in [0.1, 0.15) is 12.4 Å². The standard InChI is InChI=1S/C22H26N2O3/c1-5-12-27-20-10-7-18(8-11-20)15-24(4)21(25)14-23-22(26)19-9-6-16(2)17(3)13-19/h5-11,13H,1,12,14-15H2,2-4H3,(H,23,26). The first-order valence-corrected chi connectivity index (χ1v) is 8.82. The summed E-state index contributed by atoms with van der Waals surface area (Å²) in [6.45, 7) is 8.44.